The Balaban J connectivity index is 3.39. The zero-order valence-electron chi connectivity index (χ0n) is 20.7. The van der Waals surface area contributed by atoms with Crippen LogP contribution in [0.3, 0.4) is 0 Å². The summed E-state index contributed by atoms with van der Waals surface area (Å²) in [5.41, 5.74) is 1.90. The summed E-state index contributed by atoms with van der Waals surface area (Å²) in [5.74, 6) is -1.25. The monoisotopic (exact) mass is 443 g/mol. The Morgan fingerprint density at radius 3 is 2.06 bits per heavy atom. The highest BCUT2D eigenvalue weighted by Crippen LogP contribution is 2.25. The lowest BCUT2D eigenvalue weighted by Gasteiger charge is -2.32. The molecule has 2 N–H and O–H groups in total. The molecule has 2 atom stereocenters. The van der Waals surface area contributed by atoms with E-state index in [0.717, 1.165) is 16.0 Å². The molecule has 1 aromatic carbocycles. The quantitative estimate of drug-likeness (QED) is 0.495. The van der Waals surface area contributed by atoms with Gasteiger partial charge in [-0.1, -0.05) is 38.5 Å². The molecular formula is C25H37N3O4. The maximum Gasteiger partial charge on any atom is 0.408 e. The number of rotatable bonds is 7. The van der Waals surface area contributed by atoms with Crippen LogP contribution in [-0.4, -0.2) is 40.5 Å². The van der Waals surface area contributed by atoms with E-state index in [4.69, 9.17) is 11.2 Å². The lowest BCUT2D eigenvalue weighted by atomic mass is 9.97. The van der Waals surface area contributed by atoms with Gasteiger partial charge in [0.1, 0.15) is 17.7 Å². The second kappa shape index (κ2) is 11.0. The van der Waals surface area contributed by atoms with Crippen molar-refractivity contribution < 1.29 is 19.1 Å². The van der Waals surface area contributed by atoms with Gasteiger partial charge in [-0.3, -0.25) is 14.5 Å². The molecule has 7 nitrogen and oxygen atoms in total. The van der Waals surface area contributed by atoms with Crippen molar-refractivity contribution in [1.29, 1.82) is 0 Å². The number of hydrogen-bond donors (Lipinski definition) is 2. The number of amides is 3. The van der Waals surface area contributed by atoms with Crippen molar-refractivity contribution >= 4 is 17.9 Å². The molecule has 0 aliphatic heterocycles. The van der Waals surface area contributed by atoms with E-state index >= 15 is 0 Å². The molecule has 0 saturated carbocycles. The number of ether oxygens (including phenoxy) is 1. The molecule has 0 heterocycles. The van der Waals surface area contributed by atoms with E-state index in [1.54, 1.807) is 40.7 Å². The number of alkyl carbamates (subject to hydrolysis) is 1. The predicted molar refractivity (Wildman–Crippen MR) is 126 cm³/mol. The van der Waals surface area contributed by atoms with Crippen LogP contribution >= 0.6 is 0 Å². The molecule has 7 heteroatoms. The van der Waals surface area contributed by atoms with Crippen molar-refractivity contribution in [2.75, 3.05) is 0 Å². The summed E-state index contributed by atoms with van der Waals surface area (Å²) >= 11 is 0. The minimum absolute atomic E-state index is 0.146. The third-order valence-corrected chi connectivity index (χ3v) is 4.77. The van der Waals surface area contributed by atoms with Gasteiger partial charge in [-0.05, 0) is 71.1 Å². The van der Waals surface area contributed by atoms with Crippen LogP contribution in [0.2, 0.25) is 0 Å². The summed E-state index contributed by atoms with van der Waals surface area (Å²) in [5, 5.41) is 5.46. The number of hydrogen-bond acceptors (Lipinski definition) is 4. The van der Waals surface area contributed by atoms with Crippen LogP contribution in [0.4, 0.5) is 4.79 Å². The standard InChI is InChI=1S/C25H37N3O4/c1-11-28(23(30)20(15(2)3)27-24(31)32-25(8,9)10)21(22(29)26-16(4)5)19-13-12-17(6)18(7)14-19/h1,12-16,20-21H,2-10H3,(H,26,29)(H,27,31). The smallest absolute Gasteiger partial charge is 0.408 e. The first-order chi connectivity index (χ1) is 14.7. The van der Waals surface area contributed by atoms with Gasteiger partial charge in [0.25, 0.3) is 5.91 Å². The maximum absolute atomic E-state index is 13.5. The highest BCUT2D eigenvalue weighted by Gasteiger charge is 2.37. The SMILES string of the molecule is C#CN(C(=O)C(NC(=O)OC(C)(C)C)C(C)C)C(C(=O)NC(C)C)c1ccc(C)c(C)c1. The number of terminal acetylenes is 1. The molecule has 176 valence electrons. The van der Waals surface area contributed by atoms with Gasteiger partial charge in [-0.25, -0.2) is 4.79 Å². The molecule has 1 rings (SSSR count). The minimum Gasteiger partial charge on any atom is -0.444 e. The first-order valence-electron chi connectivity index (χ1n) is 10.8. The second-order valence-corrected chi connectivity index (χ2v) is 9.61. The molecule has 0 aromatic heterocycles. The first kappa shape index (κ1) is 27.0. The summed E-state index contributed by atoms with van der Waals surface area (Å²) in [6.07, 6.45) is 5.02. The molecule has 0 radical (unpaired) electrons. The molecule has 0 bridgehead atoms. The van der Waals surface area contributed by atoms with E-state index in [2.05, 4.69) is 16.7 Å². The number of nitrogens with one attached hydrogen (secondary N) is 2. The van der Waals surface area contributed by atoms with Crippen LogP contribution < -0.4 is 10.6 Å². The van der Waals surface area contributed by atoms with Crippen molar-refractivity contribution in [3.05, 3.63) is 34.9 Å². The largest absolute Gasteiger partial charge is 0.444 e. The van der Waals surface area contributed by atoms with Crippen LogP contribution in [-0.2, 0) is 14.3 Å². The fraction of sp³-hybridized carbons (Fsp3) is 0.560. The zero-order chi connectivity index (χ0) is 24.8. The van der Waals surface area contributed by atoms with Crippen LogP contribution in [0.15, 0.2) is 18.2 Å². The molecule has 3 amide bonds. The van der Waals surface area contributed by atoms with Crippen molar-refractivity contribution in [3.8, 4) is 12.5 Å². The van der Waals surface area contributed by atoms with Gasteiger partial charge in [-0.2, -0.15) is 0 Å². The number of aryl methyl sites for hydroxylation is 2. The third-order valence-electron chi connectivity index (χ3n) is 4.77. The van der Waals surface area contributed by atoms with Crippen molar-refractivity contribution in [3.63, 3.8) is 0 Å². The molecule has 0 spiro atoms. The molecule has 2 unspecified atom stereocenters. The minimum atomic E-state index is -1.05. The molecule has 1 aromatic rings. The average Bonchev–Trinajstić information content (AvgIpc) is 2.63. The van der Waals surface area contributed by atoms with Crippen molar-refractivity contribution in [2.24, 2.45) is 5.92 Å². The highest BCUT2D eigenvalue weighted by atomic mass is 16.6. The Kier molecular flexibility index (Phi) is 9.32. The first-order valence-corrected chi connectivity index (χ1v) is 10.8. The van der Waals surface area contributed by atoms with Gasteiger partial charge in [0.15, 0.2) is 0 Å². The van der Waals surface area contributed by atoms with Crippen LogP contribution in [0.5, 0.6) is 0 Å². The Hall–Kier alpha value is -3.01. The number of benzene rings is 1. The van der Waals surface area contributed by atoms with E-state index < -0.39 is 35.6 Å². The van der Waals surface area contributed by atoms with Gasteiger partial charge in [0, 0.05) is 12.1 Å². The normalized spacial score (nSPS) is 13.2. The maximum atomic E-state index is 13.5. The molecular weight excluding hydrogens is 406 g/mol. The Morgan fingerprint density at radius 2 is 1.62 bits per heavy atom. The summed E-state index contributed by atoms with van der Waals surface area (Å²) < 4.78 is 5.30. The van der Waals surface area contributed by atoms with E-state index in [9.17, 15) is 14.4 Å². The van der Waals surface area contributed by atoms with Gasteiger partial charge in [0.05, 0.1) is 0 Å². The highest BCUT2D eigenvalue weighted by molar-refractivity contribution is 5.93. The summed E-state index contributed by atoms with van der Waals surface area (Å²) in [4.78, 5) is 40.1. The third kappa shape index (κ3) is 7.60. The number of carbonyl (C=O) groups excluding carboxylic acids is 3. The predicted octanol–water partition coefficient (Wildman–Crippen LogP) is 3.84. The lowest BCUT2D eigenvalue weighted by Crippen LogP contribution is -2.53. The summed E-state index contributed by atoms with van der Waals surface area (Å²) in [7, 11) is 0. The Morgan fingerprint density at radius 1 is 1.03 bits per heavy atom. The molecule has 0 aliphatic rings. The summed E-state index contributed by atoms with van der Waals surface area (Å²) in [6, 6.07) is 5.74. The Bertz CT molecular complexity index is 878. The molecule has 32 heavy (non-hydrogen) atoms. The number of nitrogens with zero attached hydrogens (tertiary/aromatic N) is 1. The zero-order valence-corrected chi connectivity index (χ0v) is 20.7. The van der Waals surface area contributed by atoms with Crippen LogP contribution in [0.1, 0.15) is 71.2 Å². The number of carbonyl (C=O) groups is 3. The van der Waals surface area contributed by atoms with Gasteiger partial charge >= 0.3 is 6.09 Å². The Labute approximate surface area is 192 Å². The van der Waals surface area contributed by atoms with E-state index in [-0.39, 0.29) is 12.0 Å². The fourth-order valence-corrected chi connectivity index (χ4v) is 3.08. The second-order valence-electron chi connectivity index (χ2n) is 9.61. The van der Waals surface area contributed by atoms with Crippen molar-refractivity contribution in [2.45, 2.75) is 86.0 Å². The van der Waals surface area contributed by atoms with Crippen LogP contribution in [0.25, 0.3) is 0 Å². The van der Waals surface area contributed by atoms with Gasteiger partial charge in [0.2, 0.25) is 5.91 Å². The van der Waals surface area contributed by atoms with E-state index in [0.29, 0.717) is 5.56 Å². The topological polar surface area (TPSA) is 87.7 Å². The fourth-order valence-electron chi connectivity index (χ4n) is 3.08. The average molecular weight is 444 g/mol. The van der Waals surface area contributed by atoms with Crippen molar-refractivity contribution in [1.82, 2.24) is 15.5 Å². The molecule has 0 aliphatic carbocycles. The van der Waals surface area contributed by atoms with Gasteiger partial charge in [-0.15, -0.1) is 0 Å². The summed E-state index contributed by atoms with van der Waals surface area (Å²) in [6.45, 7) is 16.3. The van der Waals surface area contributed by atoms with Crippen LogP contribution in [0, 0.1) is 32.2 Å². The van der Waals surface area contributed by atoms with E-state index in [1.165, 1.54) is 0 Å². The lowest BCUT2D eigenvalue weighted by molar-refractivity contribution is -0.139. The van der Waals surface area contributed by atoms with E-state index in [1.807, 2.05) is 39.8 Å². The molecule has 0 fully saturated rings. The van der Waals surface area contributed by atoms with Gasteiger partial charge < -0.3 is 15.4 Å². The molecule has 0 saturated heterocycles.